The molecular weight excluding hydrogens is 581 g/mol. The van der Waals surface area contributed by atoms with Crippen LogP contribution in [0.2, 0.25) is 0 Å². The van der Waals surface area contributed by atoms with Gasteiger partial charge in [-0.05, 0) is 101 Å². The van der Waals surface area contributed by atoms with Gasteiger partial charge in [0.15, 0.2) is 0 Å². The largest absolute Gasteiger partial charge is 0.317 e. The number of rotatable bonds is 7. The molecule has 1 aliphatic carbocycles. The van der Waals surface area contributed by atoms with Crippen molar-refractivity contribution in [2.45, 2.75) is 26.2 Å². The lowest BCUT2D eigenvalue weighted by molar-refractivity contribution is 0.660. The van der Waals surface area contributed by atoms with Crippen molar-refractivity contribution < 1.29 is 0 Å². The number of fused-ring (bicyclic) bond motifs is 6. The number of aromatic nitrogens is 1. The molecule has 0 aliphatic heterocycles. The van der Waals surface area contributed by atoms with Crippen LogP contribution < -0.4 is 4.90 Å². The van der Waals surface area contributed by atoms with Gasteiger partial charge in [-0.1, -0.05) is 123 Å². The van der Waals surface area contributed by atoms with Gasteiger partial charge in [0.2, 0.25) is 0 Å². The molecule has 0 amide bonds. The average Bonchev–Trinajstić information content (AvgIpc) is 3.58. The minimum Gasteiger partial charge on any atom is -0.317 e. The fourth-order valence-corrected chi connectivity index (χ4v) is 7.42. The van der Waals surface area contributed by atoms with E-state index in [1.54, 1.807) is 0 Å². The van der Waals surface area contributed by atoms with Crippen LogP contribution in [0.3, 0.4) is 0 Å². The first-order chi connectivity index (χ1) is 23.5. The maximum atomic E-state index is 2.37. The highest BCUT2D eigenvalue weighted by molar-refractivity contribution is 6.10. The van der Waals surface area contributed by atoms with Crippen LogP contribution >= 0.6 is 0 Å². The summed E-state index contributed by atoms with van der Waals surface area (Å²) >= 11 is 0. The predicted molar refractivity (Wildman–Crippen MR) is 205 cm³/mol. The van der Waals surface area contributed by atoms with E-state index in [2.05, 4.69) is 206 Å². The monoisotopic (exact) mass is 618 g/mol. The third-order valence-electron chi connectivity index (χ3n) is 9.76. The second-order valence-corrected chi connectivity index (χ2v) is 13.0. The van der Waals surface area contributed by atoms with Gasteiger partial charge >= 0.3 is 0 Å². The summed E-state index contributed by atoms with van der Waals surface area (Å²) in [5.74, 6) is 0. The standard InChI is InChI=1S/C46H38N2/c1-4-16-33(34-26-29-45-41(31-34)40-23-12-14-25-44(40)48(45)36-20-9-6-10-21-36)17-15-30-47(35-18-7-5-8-19-35)37-27-28-39-38-22-11-13-24-42(38)46(2,3)43(39)32-37/h4-32H,1-3H3/b16-4-,30-15+,33-17+. The summed E-state index contributed by atoms with van der Waals surface area (Å²) in [6.07, 6.45) is 10.9. The van der Waals surface area contributed by atoms with E-state index >= 15 is 0 Å². The second kappa shape index (κ2) is 12.1. The molecule has 48 heavy (non-hydrogen) atoms. The predicted octanol–water partition coefficient (Wildman–Crippen LogP) is 12.4. The fourth-order valence-electron chi connectivity index (χ4n) is 7.42. The van der Waals surface area contributed by atoms with Crippen LogP contribution in [0.4, 0.5) is 11.4 Å². The number of allylic oxidation sites excluding steroid dienone is 5. The van der Waals surface area contributed by atoms with E-state index in [0.29, 0.717) is 0 Å². The molecule has 0 fully saturated rings. The fraction of sp³-hybridized carbons (Fsp3) is 0.0870. The number of anilines is 2. The van der Waals surface area contributed by atoms with Crippen LogP contribution in [0.1, 0.15) is 37.5 Å². The van der Waals surface area contributed by atoms with Gasteiger partial charge in [-0.15, -0.1) is 0 Å². The molecule has 2 nitrogen and oxygen atoms in total. The van der Waals surface area contributed by atoms with Gasteiger partial charge < -0.3 is 9.47 Å². The lowest BCUT2D eigenvalue weighted by atomic mass is 9.82. The van der Waals surface area contributed by atoms with Crippen LogP contribution in [-0.2, 0) is 5.41 Å². The van der Waals surface area contributed by atoms with Crippen molar-refractivity contribution in [2.24, 2.45) is 0 Å². The lowest BCUT2D eigenvalue weighted by Crippen LogP contribution is -2.16. The van der Waals surface area contributed by atoms with Gasteiger partial charge in [0, 0.05) is 39.4 Å². The molecule has 8 rings (SSSR count). The van der Waals surface area contributed by atoms with Gasteiger partial charge in [0.25, 0.3) is 0 Å². The Labute approximate surface area is 283 Å². The molecule has 7 aromatic rings. The van der Waals surface area contributed by atoms with E-state index in [-0.39, 0.29) is 5.41 Å². The van der Waals surface area contributed by atoms with Crippen molar-refractivity contribution in [2.75, 3.05) is 4.90 Å². The summed E-state index contributed by atoms with van der Waals surface area (Å²) in [6, 6.07) is 52.5. The van der Waals surface area contributed by atoms with Crippen LogP contribution in [0.5, 0.6) is 0 Å². The highest BCUT2D eigenvalue weighted by atomic mass is 15.1. The molecule has 0 radical (unpaired) electrons. The average molecular weight is 619 g/mol. The van der Waals surface area contributed by atoms with Gasteiger partial charge in [0.05, 0.1) is 11.0 Å². The van der Waals surface area contributed by atoms with E-state index in [1.165, 1.54) is 55.3 Å². The molecule has 0 saturated heterocycles. The molecule has 0 atom stereocenters. The van der Waals surface area contributed by atoms with Crippen molar-refractivity contribution in [1.29, 1.82) is 0 Å². The third kappa shape index (κ3) is 4.98. The molecule has 0 N–H and O–H groups in total. The Kier molecular flexibility index (Phi) is 7.42. The maximum Gasteiger partial charge on any atom is 0.0541 e. The molecule has 6 aromatic carbocycles. The van der Waals surface area contributed by atoms with Gasteiger partial charge in [-0.2, -0.15) is 0 Å². The number of nitrogens with zero attached hydrogens (tertiary/aromatic N) is 2. The molecule has 1 aromatic heterocycles. The first kappa shape index (κ1) is 29.5. The normalized spacial score (nSPS) is 13.9. The topological polar surface area (TPSA) is 8.17 Å². The Hall–Kier alpha value is -5.86. The van der Waals surface area contributed by atoms with E-state index in [0.717, 1.165) is 16.9 Å². The van der Waals surface area contributed by atoms with Gasteiger partial charge in [0.1, 0.15) is 0 Å². The quantitative estimate of drug-likeness (QED) is 0.161. The minimum absolute atomic E-state index is 0.0602. The van der Waals surface area contributed by atoms with E-state index in [9.17, 15) is 0 Å². The molecule has 0 spiro atoms. The Balaban J connectivity index is 1.20. The van der Waals surface area contributed by atoms with Crippen LogP contribution in [0.25, 0.3) is 44.2 Å². The van der Waals surface area contributed by atoms with Crippen LogP contribution in [-0.4, -0.2) is 4.57 Å². The Morgan fingerprint density at radius 3 is 2.10 bits per heavy atom. The minimum atomic E-state index is -0.0602. The second-order valence-electron chi connectivity index (χ2n) is 13.0. The van der Waals surface area contributed by atoms with E-state index in [4.69, 9.17) is 0 Å². The molecule has 0 saturated carbocycles. The zero-order chi connectivity index (χ0) is 32.7. The zero-order valence-electron chi connectivity index (χ0n) is 27.6. The Morgan fingerprint density at radius 1 is 0.604 bits per heavy atom. The summed E-state index contributed by atoms with van der Waals surface area (Å²) in [6.45, 7) is 6.76. The number of hydrogen-bond acceptors (Lipinski definition) is 1. The highest BCUT2D eigenvalue weighted by Gasteiger charge is 2.35. The van der Waals surface area contributed by atoms with Gasteiger partial charge in [-0.3, -0.25) is 0 Å². The first-order valence-electron chi connectivity index (χ1n) is 16.7. The number of hydrogen-bond donors (Lipinski definition) is 0. The molecule has 1 aliphatic rings. The molecule has 0 bridgehead atoms. The zero-order valence-corrected chi connectivity index (χ0v) is 27.6. The molecular formula is C46H38N2. The van der Waals surface area contributed by atoms with Gasteiger partial charge in [-0.25, -0.2) is 0 Å². The number of para-hydroxylation sites is 3. The summed E-state index contributed by atoms with van der Waals surface area (Å²) in [5.41, 5.74) is 13.6. The molecule has 232 valence electrons. The Bertz CT molecular complexity index is 2370. The van der Waals surface area contributed by atoms with Crippen LogP contribution in [0.15, 0.2) is 176 Å². The first-order valence-corrected chi connectivity index (χ1v) is 16.7. The maximum absolute atomic E-state index is 2.37. The summed E-state index contributed by atoms with van der Waals surface area (Å²) < 4.78 is 2.36. The third-order valence-corrected chi connectivity index (χ3v) is 9.76. The van der Waals surface area contributed by atoms with Crippen molar-refractivity contribution in [3.8, 4) is 16.8 Å². The van der Waals surface area contributed by atoms with Crippen molar-refractivity contribution >= 4 is 38.8 Å². The molecule has 2 heteroatoms. The van der Waals surface area contributed by atoms with Crippen molar-refractivity contribution in [3.63, 3.8) is 0 Å². The van der Waals surface area contributed by atoms with E-state index in [1.807, 2.05) is 0 Å². The van der Waals surface area contributed by atoms with Crippen molar-refractivity contribution in [1.82, 2.24) is 4.57 Å². The molecule has 0 unspecified atom stereocenters. The number of benzene rings is 6. The summed E-state index contributed by atoms with van der Waals surface area (Å²) in [7, 11) is 0. The smallest absolute Gasteiger partial charge is 0.0541 e. The van der Waals surface area contributed by atoms with Crippen LogP contribution in [0, 0.1) is 0 Å². The lowest BCUT2D eigenvalue weighted by Gasteiger charge is -2.25. The Morgan fingerprint density at radius 2 is 1.29 bits per heavy atom. The molecule has 1 heterocycles. The highest BCUT2D eigenvalue weighted by Crippen LogP contribution is 2.50. The summed E-state index contributed by atoms with van der Waals surface area (Å²) in [4.78, 5) is 2.29. The SMILES string of the molecule is C\C=C/C(=C\C=C\N(c1ccccc1)c1ccc2c(c1)C(C)(C)c1ccccc1-2)c1ccc2c(c1)c1ccccc1n2-c1ccccc1. The summed E-state index contributed by atoms with van der Waals surface area (Å²) in [5, 5.41) is 2.50. The van der Waals surface area contributed by atoms with Crippen molar-refractivity contribution in [3.05, 3.63) is 193 Å². The van der Waals surface area contributed by atoms with E-state index < -0.39 is 0 Å².